The van der Waals surface area contributed by atoms with Gasteiger partial charge in [0, 0.05) is 39.8 Å². The fourth-order valence-corrected chi connectivity index (χ4v) is 8.51. The van der Waals surface area contributed by atoms with Crippen molar-refractivity contribution in [3.8, 4) is 39.3 Å². The Morgan fingerprint density at radius 3 is 1.73 bits per heavy atom. The Labute approximate surface area is 343 Å². The molecule has 5 nitrogen and oxygen atoms in total. The van der Waals surface area contributed by atoms with Gasteiger partial charge in [0.15, 0.2) is 0 Å². The fourth-order valence-electron chi connectivity index (χ4n) is 8.51. The molecule has 0 saturated heterocycles. The monoisotopic (exact) mass is 757 g/mol. The minimum absolute atomic E-state index is 0.206. The van der Waals surface area contributed by atoms with Crippen LogP contribution in [0.4, 0.5) is 5.69 Å². The van der Waals surface area contributed by atoms with Crippen molar-refractivity contribution in [2.45, 2.75) is 6.17 Å². The van der Waals surface area contributed by atoms with Gasteiger partial charge in [0.2, 0.25) is 0 Å². The maximum atomic E-state index is 5.38. The molecule has 8 aromatic carbocycles. The van der Waals surface area contributed by atoms with Crippen LogP contribution in [0.15, 0.2) is 205 Å². The molecular weight excluding hydrogens is 719 g/mol. The maximum Gasteiger partial charge on any atom is 0.145 e. The minimum atomic E-state index is -0.206. The van der Waals surface area contributed by atoms with Crippen LogP contribution in [0.5, 0.6) is 0 Å². The first-order valence-electron chi connectivity index (χ1n) is 20.2. The number of rotatable bonds is 7. The Kier molecular flexibility index (Phi) is 8.55. The van der Waals surface area contributed by atoms with E-state index in [1.807, 2.05) is 12.1 Å². The summed E-state index contributed by atoms with van der Waals surface area (Å²) >= 11 is 0. The number of aromatic nitrogens is 2. The smallest absolute Gasteiger partial charge is 0.145 e. The fraction of sp³-hybridized carbons (Fsp3) is 0.0370. The van der Waals surface area contributed by atoms with Crippen LogP contribution in [0.1, 0.15) is 28.4 Å². The molecule has 3 heterocycles. The van der Waals surface area contributed by atoms with Gasteiger partial charge in [0.25, 0.3) is 0 Å². The maximum absolute atomic E-state index is 5.38. The normalized spacial score (nSPS) is 14.6. The van der Waals surface area contributed by atoms with Gasteiger partial charge in [-0.2, -0.15) is 0 Å². The number of hydrogen-bond donors (Lipinski definition) is 2. The standard InChI is InChI=1S/C54H39N5/c1-4-13-36(14-5-1)37-22-26-40(27-23-37)48-35-49(57-53(56-48)42-15-6-2-7-16-42)41-28-24-38(25-29-41)39-30-32-44(33-31-39)59-52-46-20-11-10-19-45(46)50-47(21-12-34-55-50)51(52)58-54(59)43-17-8-3-9-18-43/h1-33,35,53,55,57H,34H2. The molecule has 0 spiro atoms. The molecule has 1 unspecified atom stereocenters. The molecule has 5 heteroatoms. The molecule has 0 radical (unpaired) electrons. The average molecular weight is 758 g/mol. The zero-order valence-electron chi connectivity index (χ0n) is 32.3. The highest BCUT2D eigenvalue weighted by molar-refractivity contribution is 6.17. The number of imidazole rings is 1. The highest BCUT2D eigenvalue weighted by Crippen LogP contribution is 2.42. The van der Waals surface area contributed by atoms with E-state index >= 15 is 0 Å². The summed E-state index contributed by atoms with van der Waals surface area (Å²) in [6.07, 6.45) is 6.36. The summed E-state index contributed by atoms with van der Waals surface area (Å²) in [5.41, 5.74) is 16.5. The second-order valence-electron chi connectivity index (χ2n) is 15.0. The van der Waals surface area contributed by atoms with Crippen LogP contribution >= 0.6 is 0 Å². The lowest BCUT2D eigenvalue weighted by Gasteiger charge is -2.25. The molecule has 2 aliphatic heterocycles. The summed E-state index contributed by atoms with van der Waals surface area (Å²) < 4.78 is 2.33. The lowest BCUT2D eigenvalue weighted by Crippen LogP contribution is -2.24. The SMILES string of the molecule is C1=Cc2c(c3ccccc3c3c2nc(-c2ccccc2)n3-c2ccc(-c3ccc(C4=CC(c5ccc(-c6ccccc6)cc5)=NC(c5ccccc5)N4)cc3)cc2)NC1. The number of allylic oxidation sites excluding steroid dienone is 1. The predicted octanol–water partition coefficient (Wildman–Crippen LogP) is 12.8. The van der Waals surface area contributed by atoms with Crippen LogP contribution < -0.4 is 10.6 Å². The molecule has 0 fully saturated rings. The van der Waals surface area contributed by atoms with Crippen molar-refractivity contribution >= 4 is 45.0 Å². The summed E-state index contributed by atoms with van der Waals surface area (Å²) in [4.78, 5) is 10.6. The van der Waals surface area contributed by atoms with Crippen molar-refractivity contribution in [1.29, 1.82) is 0 Å². The number of anilines is 1. The van der Waals surface area contributed by atoms with Crippen LogP contribution in [-0.2, 0) is 0 Å². The van der Waals surface area contributed by atoms with Gasteiger partial charge in [-0.3, -0.25) is 9.56 Å². The molecule has 11 rings (SSSR count). The van der Waals surface area contributed by atoms with Gasteiger partial charge in [-0.1, -0.05) is 188 Å². The summed E-state index contributed by atoms with van der Waals surface area (Å²) in [7, 11) is 0. The molecule has 9 aromatic rings. The van der Waals surface area contributed by atoms with E-state index in [1.54, 1.807) is 0 Å². The number of fused-ring (bicyclic) bond motifs is 6. The molecule has 2 aliphatic rings. The zero-order chi connectivity index (χ0) is 39.1. The highest BCUT2D eigenvalue weighted by Gasteiger charge is 2.24. The first kappa shape index (κ1) is 34.5. The van der Waals surface area contributed by atoms with E-state index in [0.717, 1.165) is 85.1 Å². The summed E-state index contributed by atoms with van der Waals surface area (Å²) in [5, 5.41) is 9.74. The van der Waals surface area contributed by atoms with Gasteiger partial charge in [-0.05, 0) is 57.2 Å². The van der Waals surface area contributed by atoms with Crippen LogP contribution in [0.2, 0.25) is 0 Å². The van der Waals surface area contributed by atoms with E-state index in [2.05, 4.69) is 209 Å². The number of nitrogens with one attached hydrogen (secondary N) is 2. The van der Waals surface area contributed by atoms with Gasteiger partial charge >= 0.3 is 0 Å². The molecule has 0 bridgehead atoms. The first-order valence-corrected chi connectivity index (χ1v) is 20.2. The van der Waals surface area contributed by atoms with Crippen molar-refractivity contribution in [1.82, 2.24) is 14.9 Å². The van der Waals surface area contributed by atoms with Crippen LogP contribution in [0, 0.1) is 0 Å². The van der Waals surface area contributed by atoms with Crippen molar-refractivity contribution in [3.05, 3.63) is 222 Å². The lowest BCUT2D eigenvalue weighted by molar-refractivity contribution is 0.664. The lowest BCUT2D eigenvalue weighted by atomic mass is 9.98. The Bertz CT molecular complexity index is 3070. The van der Waals surface area contributed by atoms with Crippen molar-refractivity contribution in [3.63, 3.8) is 0 Å². The molecule has 1 atom stereocenters. The summed E-state index contributed by atoms with van der Waals surface area (Å²) in [6.45, 7) is 0.804. The number of benzene rings is 8. The number of hydrogen-bond acceptors (Lipinski definition) is 4. The van der Waals surface area contributed by atoms with Gasteiger partial charge in [-0.15, -0.1) is 0 Å². The van der Waals surface area contributed by atoms with Crippen LogP contribution in [0.25, 0.3) is 72.9 Å². The van der Waals surface area contributed by atoms with Gasteiger partial charge < -0.3 is 10.6 Å². The Balaban J connectivity index is 0.943. The minimum Gasteiger partial charge on any atom is -0.381 e. The van der Waals surface area contributed by atoms with Crippen molar-refractivity contribution in [2.24, 2.45) is 4.99 Å². The van der Waals surface area contributed by atoms with E-state index in [-0.39, 0.29) is 6.17 Å². The van der Waals surface area contributed by atoms with Crippen LogP contribution in [-0.4, -0.2) is 21.8 Å². The zero-order valence-corrected chi connectivity index (χ0v) is 32.3. The summed E-state index contributed by atoms with van der Waals surface area (Å²) in [6, 6.07) is 66.6. The number of nitrogens with zero attached hydrogens (tertiary/aromatic N) is 3. The molecule has 1 aromatic heterocycles. The summed E-state index contributed by atoms with van der Waals surface area (Å²) in [5.74, 6) is 0.923. The van der Waals surface area contributed by atoms with Gasteiger partial charge in [0.05, 0.1) is 22.4 Å². The molecule has 280 valence electrons. The van der Waals surface area contributed by atoms with E-state index in [1.165, 1.54) is 21.9 Å². The highest BCUT2D eigenvalue weighted by atomic mass is 15.1. The average Bonchev–Trinajstić information content (AvgIpc) is 3.74. The van der Waals surface area contributed by atoms with E-state index in [0.29, 0.717) is 0 Å². The Hall–Kier alpha value is -7.76. The van der Waals surface area contributed by atoms with E-state index in [4.69, 9.17) is 9.98 Å². The molecular formula is C54H39N5. The van der Waals surface area contributed by atoms with E-state index < -0.39 is 0 Å². The second-order valence-corrected chi connectivity index (χ2v) is 15.0. The van der Waals surface area contributed by atoms with Crippen molar-refractivity contribution < 1.29 is 0 Å². The molecule has 59 heavy (non-hydrogen) atoms. The third kappa shape index (κ3) is 6.30. The second kappa shape index (κ2) is 14.6. The molecule has 0 amide bonds. The number of aliphatic imine (C=N–C) groups is 1. The molecule has 2 N–H and O–H groups in total. The third-order valence-electron chi connectivity index (χ3n) is 11.5. The molecule has 0 saturated carbocycles. The largest absolute Gasteiger partial charge is 0.381 e. The van der Waals surface area contributed by atoms with Crippen molar-refractivity contribution in [2.75, 3.05) is 11.9 Å². The van der Waals surface area contributed by atoms with Gasteiger partial charge in [0.1, 0.15) is 12.0 Å². The van der Waals surface area contributed by atoms with E-state index in [9.17, 15) is 0 Å². The van der Waals surface area contributed by atoms with Gasteiger partial charge in [-0.25, -0.2) is 4.98 Å². The quantitative estimate of drug-likeness (QED) is 0.170. The first-order chi connectivity index (χ1) is 29.2. The Morgan fingerprint density at radius 1 is 0.508 bits per heavy atom. The van der Waals surface area contributed by atoms with Crippen LogP contribution in [0.3, 0.4) is 0 Å². The molecule has 0 aliphatic carbocycles. The third-order valence-corrected chi connectivity index (χ3v) is 11.5. The Morgan fingerprint density at radius 2 is 1.05 bits per heavy atom. The topological polar surface area (TPSA) is 54.2 Å². The predicted molar refractivity (Wildman–Crippen MR) is 246 cm³/mol.